The van der Waals surface area contributed by atoms with Gasteiger partial charge in [0.2, 0.25) is 0 Å². The van der Waals surface area contributed by atoms with Gasteiger partial charge in [0, 0.05) is 19.7 Å². The number of hydrogen-bond acceptors (Lipinski definition) is 5. The van der Waals surface area contributed by atoms with Crippen LogP contribution in [0.25, 0.3) is 0 Å². The number of unbranched alkanes of at least 4 members (excludes halogenated alkanes) is 9. The van der Waals surface area contributed by atoms with Crippen molar-refractivity contribution in [1.82, 2.24) is 5.06 Å². The molecular formula is C21H44N4O4. The lowest BCUT2D eigenvalue weighted by atomic mass is 10.1. The number of guanidine groups is 1. The largest absolute Gasteiger partial charge is 0.480 e. The SMILES string of the molecule is CCCCCCCCCCCCON(CCCO)[C@@H](CCCN=C(N)N)C(=O)O. The van der Waals surface area contributed by atoms with Gasteiger partial charge < -0.3 is 21.7 Å². The third kappa shape index (κ3) is 17.2. The number of aliphatic hydroxyl groups excluding tert-OH is 1. The van der Waals surface area contributed by atoms with E-state index in [0.717, 1.165) is 12.8 Å². The predicted octanol–water partition coefficient (Wildman–Crippen LogP) is 3.03. The molecule has 0 spiro atoms. The van der Waals surface area contributed by atoms with Crippen molar-refractivity contribution < 1.29 is 19.8 Å². The number of aliphatic hydroxyl groups is 1. The summed E-state index contributed by atoms with van der Waals surface area (Å²) < 4.78 is 0. The van der Waals surface area contributed by atoms with Crippen molar-refractivity contribution in [2.45, 2.75) is 96.4 Å². The van der Waals surface area contributed by atoms with E-state index in [1.165, 1.54) is 56.4 Å². The molecule has 0 rings (SSSR count). The van der Waals surface area contributed by atoms with E-state index in [-0.39, 0.29) is 12.6 Å². The van der Waals surface area contributed by atoms with Gasteiger partial charge in [-0.05, 0) is 25.7 Å². The van der Waals surface area contributed by atoms with Crippen molar-refractivity contribution in [3.8, 4) is 0 Å². The number of aliphatic imine (C=N–C) groups is 1. The smallest absolute Gasteiger partial charge is 0.323 e. The number of hydroxylamine groups is 2. The molecule has 0 aromatic rings. The minimum Gasteiger partial charge on any atom is -0.480 e. The molecule has 0 aliphatic rings. The van der Waals surface area contributed by atoms with Crippen LogP contribution >= 0.6 is 0 Å². The Kier molecular flexibility index (Phi) is 19.0. The lowest BCUT2D eigenvalue weighted by molar-refractivity contribution is -0.202. The molecule has 1 atom stereocenters. The Morgan fingerprint density at radius 1 is 0.966 bits per heavy atom. The van der Waals surface area contributed by atoms with Crippen molar-refractivity contribution in [2.24, 2.45) is 16.5 Å². The lowest BCUT2D eigenvalue weighted by Crippen LogP contribution is -2.42. The summed E-state index contributed by atoms with van der Waals surface area (Å²) in [5, 5.41) is 20.2. The van der Waals surface area contributed by atoms with Crippen LogP contribution < -0.4 is 11.5 Å². The van der Waals surface area contributed by atoms with Crippen molar-refractivity contribution >= 4 is 11.9 Å². The first kappa shape index (κ1) is 27.6. The molecule has 0 radical (unpaired) electrons. The number of aliphatic carboxylic acids is 1. The molecule has 0 bridgehead atoms. The third-order valence-electron chi connectivity index (χ3n) is 4.85. The van der Waals surface area contributed by atoms with Gasteiger partial charge in [-0.2, -0.15) is 5.06 Å². The molecule has 0 aromatic heterocycles. The summed E-state index contributed by atoms with van der Waals surface area (Å²) in [5.41, 5.74) is 10.6. The van der Waals surface area contributed by atoms with E-state index >= 15 is 0 Å². The molecule has 0 aromatic carbocycles. The maximum atomic E-state index is 11.7. The molecule has 0 fully saturated rings. The number of nitrogens with two attached hydrogens (primary N) is 2. The summed E-state index contributed by atoms with van der Waals surface area (Å²) in [5.74, 6) is -0.929. The number of carbonyl (C=O) groups is 1. The molecule has 0 heterocycles. The molecular weight excluding hydrogens is 372 g/mol. The van der Waals surface area contributed by atoms with E-state index in [4.69, 9.17) is 21.4 Å². The van der Waals surface area contributed by atoms with Crippen molar-refractivity contribution in [1.29, 1.82) is 0 Å². The zero-order valence-electron chi connectivity index (χ0n) is 18.4. The molecule has 0 amide bonds. The molecule has 29 heavy (non-hydrogen) atoms. The number of carboxylic acid groups (broad SMARTS) is 1. The van der Waals surface area contributed by atoms with Crippen LogP contribution in [-0.2, 0) is 9.63 Å². The average molecular weight is 417 g/mol. The van der Waals surface area contributed by atoms with E-state index in [2.05, 4.69) is 11.9 Å². The second-order valence-corrected chi connectivity index (χ2v) is 7.54. The summed E-state index contributed by atoms with van der Waals surface area (Å²) in [4.78, 5) is 21.3. The van der Waals surface area contributed by atoms with Gasteiger partial charge >= 0.3 is 5.97 Å². The van der Waals surface area contributed by atoms with Crippen LogP contribution in [0.1, 0.15) is 90.4 Å². The van der Waals surface area contributed by atoms with Crippen LogP contribution in [0.2, 0.25) is 0 Å². The summed E-state index contributed by atoms with van der Waals surface area (Å²) in [6, 6.07) is -0.765. The maximum Gasteiger partial charge on any atom is 0.323 e. The molecule has 8 nitrogen and oxygen atoms in total. The molecule has 0 aliphatic heterocycles. The topological polar surface area (TPSA) is 134 Å². The van der Waals surface area contributed by atoms with Gasteiger partial charge in [-0.3, -0.25) is 14.6 Å². The van der Waals surface area contributed by atoms with Gasteiger partial charge in [0.25, 0.3) is 0 Å². The van der Waals surface area contributed by atoms with E-state index in [1.807, 2.05) is 0 Å². The number of carboxylic acids is 1. The van der Waals surface area contributed by atoms with Crippen LogP contribution in [0.3, 0.4) is 0 Å². The van der Waals surface area contributed by atoms with E-state index < -0.39 is 12.0 Å². The molecule has 0 saturated heterocycles. The highest BCUT2D eigenvalue weighted by molar-refractivity contribution is 5.75. The second-order valence-electron chi connectivity index (χ2n) is 7.54. The number of rotatable bonds is 21. The minimum absolute atomic E-state index is 0.00153. The predicted molar refractivity (Wildman–Crippen MR) is 118 cm³/mol. The van der Waals surface area contributed by atoms with Crippen molar-refractivity contribution in [3.63, 3.8) is 0 Å². The van der Waals surface area contributed by atoms with Gasteiger partial charge in [-0.1, -0.05) is 64.7 Å². The summed E-state index contributed by atoms with van der Waals surface area (Å²) in [7, 11) is 0. The van der Waals surface area contributed by atoms with Gasteiger partial charge in [0.05, 0.1) is 6.61 Å². The molecule has 0 saturated carbocycles. The number of nitrogens with zero attached hydrogens (tertiary/aromatic N) is 2. The summed E-state index contributed by atoms with van der Waals surface area (Å²) in [6.45, 7) is 3.50. The van der Waals surface area contributed by atoms with E-state index in [9.17, 15) is 9.90 Å². The van der Waals surface area contributed by atoms with Crippen LogP contribution in [0, 0.1) is 0 Å². The van der Waals surface area contributed by atoms with Gasteiger partial charge in [-0.25, -0.2) is 0 Å². The molecule has 0 unspecified atom stereocenters. The Morgan fingerprint density at radius 2 is 1.55 bits per heavy atom. The van der Waals surface area contributed by atoms with Crippen molar-refractivity contribution in [3.05, 3.63) is 0 Å². The fourth-order valence-electron chi connectivity index (χ4n) is 3.19. The quantitative estimate of drug-likeness (QED) is 0.0977. The molecule has 0 aliphatic carbocycles. The summed E-state index contributed by atoms with van der Waals surface area (Å²) in [6.07, 6.45) is 13.8. The van der Waals surface area contributed by atoms with Crippen LogP contribution in [0.15, 0.2) is 4.99 Å². The van der Waals surface area contributed by atoms with E-state index in [1.54, 1.807) is 0 Å². The average Bonchev–Trinajstić information content (AvgIpc) is 2.68. The van der Waals surface area contributed by atoms with Crippen molar-refractivity contribution in [2.75, 3.05) is 26.3 Å². The van der Waals surface area contributed by atoms with Crippen LogP contribution in [0.5, 0.6) is 0 Å². The van der Waals surface area contributed by atoms with Gasteiger partial charge in [0.15, 0.2) is 5.96 Å². The van der Waals surface area contributed by atoms with Gasteiger partial charge in [0.1, 0.15) is 6.04 Å². The highest BCUT2D eigenvalue weighted by Gasteiger charge is 2.25. The van der Waals surface area contributed by atoms with Crippen LogP contribution in [0.4, 0.5) is 0 Å². The standard InChI is InChI=1S/C21H44N4O4/c1-2-3-4-5-6-7-8-9-10-11-18-29-25(16-13-17-26)19(20(27)28)14-12-15-24-21(22)23/h19,26H,2-18H2,1H3,(H,27,28)(H4,22,23,24)/t19-/m0/s1. The zero-order valence-corrected chi connectivity index (χ0v) is 18.4. The van der Waals surface area contributed by atoms with E-state index in [0.29, 0.717) is 39.0 Å². The van der Waals surface area contributed by atoms with Gasteiger partial charge in [-0.15, -0.1) is 0 Å². The Hall–Kier alpha value is -1.38. The fraction of sp³-hybridized carbons (Fsp3) is 0.905. The van der Waals surface area contributed by atoms with Crippen LogP contribution in [-0.4, -0.2) is 59.6 Å². The lowest BCUT2D eigenvalue weighted by Gasteiger charge is -2.27. The monoisotopic (exact) mass is 416 g/mol. The Balaban J connectivity index is 4.11. The molecule has 6 N–H and O–H groups in total. The summed E-state index contributed by atoms with van der Waals surface area (Å²) >= 11 is 0. The highest BCUT2D eigenvalue weighted by atomic mass is 16.7. The first-order valence-corrected chi connectivity index (χ1v) is 11.3. The Morgan fingerprint density at radius 3 is 2.07 bits per heavy atom. The Bertz CT molecular complexity index is 417. The third-order valence-corrected chi connectivity index (χ3v) is 4.85. The maximum absolute atomic E-state index is 11.7. The fourth-order valence-corrected chi connectivity index (χ4v) is 3.19. The Labute approximate surface area is 176 Å². The first-order valence-electron chi connectivity index (χ1n) is 11.3. The minimum atomic E-state index is -0.935. The highest BCUT2D eigenvalue weighted by Crippen LogP contribution is 2.13. The molecule has 8 heteroatoms. The first-order chi connectivity index (χ1) is 14.0. The second kappa shape index (κ2) is 19.9. The normalized spacial score (nSPS) is 12.2. The zero-order chi connectivity index (χ0) is 21.7. The molecule has 172 valence electrons. The number of hydrogen-bond donors (Lipinski definition) is 4.